The fraction of sp³-hybridized carbons (Fsp3) is 0.880. The minimum Gasteiger partial charge on any atom is -0.480 e. The van der Waals surface area contributed by atoms with Crippen LogP contribution in [0.25, 0.3) is 0 Å². The number of hydrogen-bond donors (Lipinski definition) is 2. The minimum atomic E-state index is -1.11. The van der Waals surface area contributed by atoms with Crippen LogP contribution in [-0.2, 0) is 19.1 Å². The molecule has 0 bridgehead atoms. The lowest BCUT2D eigenvalue weighted by atomic mass is 10.0. The highest BCUT2D eigenvalue weighted by molar-refractivity contribution is 5.84. The van der Waals surface area contributed by atoms with E-state index in [2.05, 4.69) is 26.1 Å². The van der Waals surface area contributed by atoms with Gasteiger partial charge in [0.05, 0.1) is 6.61 Å². The van der Waals surface area contributed by atoms with Gasteiger partial charge in [-0.05, 0) is 25.2 Å². The number of esters is 1. The zero-order valence-electron chi connectivity index (χ0n) is 20.3. The Labute approximate surface area is 189 Å². The van der Waals surface area contributed by atoms with Crippen molar-refractivity contribution < 1.29 is 24.2 Å². The third kappa shape index (κ3) is 17.8. The summed E-state index contributed by atoms with van der Waals surface area (Å²) in [6.45, 7) is 6.81. The lowest BCUT2D eigenvalue weighted by Gasteiger charge is -2.16. The zero-order chi connectivity index (χ0) is 23.3. The maximum Gasteiger partial charge on any atom is 0.326 e. The molecule has 0 saturated heterocycles. The Morgan fingerprint density at radius 1 is 0.774 bits per heavy atom. The lowest BCUT2D eigenvalue weighted by molar-refractivity contribution is -0.146. The number of carboxylic acid groups (broad SMARTS) is 1. The largest absolute Gasteiger partial charge is 0.480 e. The average molecular weight is 442 g/mol. The topological polar surface area (TPSA) is 92.7 Å². The van der Waals surface area contributed by atoms with Gasteiger partial charge in [-0.3, -0.25) is 9.59 Å². The maximum atomic E-state index is 12.1. The molecule has 182 valence electrons. The maximum absolute atomic E-state index is 12.1. The average Bonchev–Trinajstić information content (AvgIpc) is 2.75. The van der Waals surface area contributed by atoms with E-state index in [0.29, 0.717) is 18.9 Å². The van der Waals surface area contributed by atoms with Crippen molar-refractivity contribution in [2.24, 2.45) is 5.92 Å². The minimum absolute atomic E-state index is 0.000506. The van der Waals surface area contributed by atoms with E-state index in [9.17, 15) is 19.5 Å². The Morgan fingerprint density at radius 2 is 1.35 bits per heavy atom. The van der Waals surface area contributed by atoms with Gasteiger partial charge in [-0.2, -0.15) is 0 Å². The predicted molar refractivity (Wildman–Crippen MR) is 125 cm³/mol. The molecule has 0 saturated carbocycles. The molecule has 2 N–H and O–H groups in total. The van der Waals surface area contributed by atoms with Crippen molar-refractivity contribution >= 4 is 17.8 Å². The third-order valence-electron chi connectivity index (χ3n) is 5.80. The highest BCUT2D eigenvalue weighted by Crippen LogP contribution is 2.14. The van der Waals surface area contributed by atoms with Crippen LogP contribution in [0.5, 0.6) is 0 Å². The SMILES string of the molecule is CCCCCCCCCCCC(=O)N[C@@H](CCC(=O)OCC(CC)CCCC)C(=O)O. The van der Waals surface area contributed by atoms with Crippen LogP contribution in [0.1, 0.15) is 124 Å². The number of carbonyl (C=O) groups is 3. The number of ether oxygens (including phenoxy) is 1. The van der Waals surface area contributed by atoms with Crippen molar-refractivity contribution in [1.82, 2.24) is 5.32 Å². The van der Waals surface area contributed by atoms with Crippen LogP contribution in [0.2, 0.25) is 0 Å². The van der Waals surface area contributed by atoms with Gasteiger partial charge in [-0.15, -0.1) is 0 Å². The molecule has 0 heterocycles. The molecule has 0 aromatic heterocycles. The summed E-state index contributed by atoms with van der Waals surface area (Å²) in [5.41, 5.74) is 0. The molecule has 0 aromatic carbocycles. The molecule has 0 radical (unpaired) electrons. The van der Waals surface area contributed by atoms with Crippen molar-refractivity contribution in [2.75, 3.05) is 6.61 Å². The summed E-state index contributed by atoms with van der Waals surface area (Å²) in [5.74, 6) is -1.40. The zero-order valence-corrected chi connectivity index (χ0v) is 20.3. The second-order valence-electron chi connectivity index (χ2n) is 8.67. The van der Waals surface area contributed by atoms with E-state index in [1.807, 2.05) is 0 Å². The van der Waals surface area contributed by atoms with Crippen LogP contribution in [0.4, 0.5) is 0 Å². The Hall–Kier alpha value is -1.59. The normalized spacial score (nSPS) is 12.9. The van der Waals surface area contributed by atoms with E-state index >= 15 is 0 Å². The van der Waals surface area contributed by atoms with Crippen LogP contribution < -0.4 is 5.32 Å². The molecule has 6 heteroatoms. The van der Waals surface area contributed by atoms with Gasteiger partial charge in [0.25, 0.3) is 0 Å². The number of unbranched alkanes of at least 4 members (excludes halogenated alkanes) is 9. The lowest BCUT2D eigenvalue weighted by Crippen LogP contribution is -2.41. The molecule has 2 atom stereocenters. The summed E-state index contributed by atoms with van der Waals surface area (Å²) in [7, 11) is 0. The first-order chi connectivity index (χ1) is 14.9. The van der Waals surface area contributed by atoms with Crippen molar-refractivity contribution in [2.45, 2.75) is 130 Å². The van der Waals surface area contributed by atoms with Gasteiger partial charge in [-0.1, -0.05) is 91.4 Å². The van der Waals surface area contributed by atoms with Crippen molar-refractivity contribution in [3.05, 3.63) is 0 Å². The Kier molecular flexibility index (Phi) is 19.3. The van der Waals surface area contributed by atoms with Crippen LogP contribution in [0.3, 0.4) is 0 Å². The number of hydrogen-bond acceptors (Lipinski definition) is 4. The van der Waals surface area contributed by atoms with Crippen LogP contribution >= 0.6 is 0 Å². The van der Waals surface area contributed by atoms with Gasteiger partial charge in [0, 0.05) is 12.8 Å². The van der Waals surface area contributed by atoms with Gasteiger partial charge >= 0.3 is 11.9 Å². The molecule has 6 nitrogen and oxygen atoms in total. The number of aliphatic carboxylic acids is 1. The summed E-state index contributed by atoms with van der Waals surface area (Å²) in [6.07, 6.45) is 15.1. The molecule has 1 amide bonds. The molecule has 0 spiro atoms. The summed E-state index contributed by atoms with van der Waals surface area (Å²) in [5, 5.41) is 11.9. The Morgan fingerprint density at radius 3 is 1.90 bits per heavy atom. The molecule has 31 heavy (non-hydrogen) atoms. The van der Waals surface area contributed by atoms with E-state index in [0.717, 1.165) is 44.9 Å². The quantitative estimate of drug-likeness (QED) is 0.168. The summed E-state index contributed by atoms with van der Waals surface area (Å²) < 4.78 is 5.32. The highest BCUT2D eigenvalue weighted by atomic mass is 16.5. The van der Waals surface area contributed by atoms with E-state index in [1.54, 1.807) is 0 Å². The molecule has 0 aromatic rings. The smallest absolute Gasteiger partial charge is 0.326 e. The number of carboxylic acids is 1. The first-order valence-electron chi connectivity index (χ1n) is 12.6. The molecule has 0 aliphatic heterocycles. The molecular formula is C25H47NO5. The Balaban J connectivity index is 4.00. The molecule has 0 aliphatic carbocycles. The van der Waals surface area contributed by atoms with Crippen molar-refractivity contribution in [3.8, 4) is 0 Å². The first kappa shape index (κ1) is 29.4. The third-order valence-corrected chi connectivity index (χ3v) is 5.80. The number of rotatable bonds is 21. The van der Waals surface area contributed by atoms with E-state index < -0.39 is 18.0 Å². The fourth-order valence-electron chi connectivity index (χ4n) is 3.56. The van der Waals surface area contributed by atoms with Crippen molar-refractivity contribution in [1.29, 1.82) is 0 Å². The summed E-state index contributed by atoms with van der Waals surface area (Å²) in [4.78, 5) is 35.5. The highest BCUT2D eigenvalue weighted by Gasteiger charge is 2.21. The second-order valence-corrected chi connectivity index (χ2v) is 8.67. The molecular weight excluding hydrogens is 394 g/mol. The number of carbonyl (C=O) groups excluding carboxylic acids is 2. The van der Waals surface area contributed by atoms with Gasteiger partial charge in [0.2, 0.25) is 5.91 Å². The molecule has 0 aliphatic rings. The van der Waals surface area contributed by atoms with Gasteiger partial charge in [-0.25, -0.2) is 4.79 Å². The van der Waals surface area contributed by atoms with Crippen molar-refractivity contribution in [3.63, 3.8) is 0 Å². The van der Waals surface area contributed by atoms with E-state index in [1.165, 1.54) is 38.5 Å². The van der Waals surface area contributed by atoms with Gasteiger partial charge in [0.15, 0.2) is 0 Å². The second kappa shape index (κ2) is 20.3. The van der Waals surface area contributed by atoms with Crippen LogP contribution in [-0.4, -0.2) is 35.6 Å². The first-order valence-corrected chi connectivity index (χ1v) is 12.6. The molecule has 0 rings (SSSR count). The van der Waals surface area contributed by atoms with Gasteiger partial charge < -0.3 is 15.2 Å². The Bertz CT molecular complexity index is 481. The number of amides is 1. The van der Waals surface area contributed by atoms with E-state index in [4.69, 9.17) is 4.74 Å². The molecule has 0 fully saturated rings. The van der Waals surface area contributed by atoms with Crippen LogP contribution in [0.15, 0.2) is 0 Å². The summed E-state index contributed by atoms with van der Waals surface area (Å²) >= 11 is 0. The fourth-order valence-corrected chi connectivity index (χ4v) is 3.56. The van der Waals surface area contributed by atoms with Crippen LogP contribution in [0, 0.1) is 5.92 Å². The number of nitrogens with one attached hydrogen (secondary N) is 1. The molecule has 1 unspecified atom stereocenters. The summed E-state index contributed by atoms with van der Waals surface area (Å²) in [6, 6.07) is -1.04. The standard InChI is InChI=1S/C25H47NO5/c1-4-7-9-10-11-12-13-14-15-17-23(27)26-22(25(29)30)18-19-24(28)31-20-21(6-3)16-8-5-2/h21-22H,4-20H2,1-3H3,(H,26,27)(H,29,30)/t21?,22-/m0/s1. The monoisotopic (exact) mass is 441 g/mol. The predicted octanol–water partition coefficient (Wildman–Crippen LogP) is 6.02. The van der Waals surface area contributed by atoms with Gasteiger partial charge in [0.1, 0.15) is 6.04 Å². The van der Waals surface area contributed by atoms with E-state index in [-0.39, 0.29) is 18.7 Å².